The quantitative estimate of drug-likeness (QED) is 0.701. The number of halogens is 2. The third kappa shape index (κ3) is 4.52. The van der Waals surface area contributed by atoms with Crippen LogP contribution in [0.5, 0.6) is 0 Å². The zero-order valence-electron chi connectivity index (χ0n) is 17.0. The highest BCUT2D eigenvalue weighted by molar-refractivity contribution is 5.49. The third-order valence-corrected chi connectivity index (χ3v) is 5.33. The molecule has 160 valence electrons. The summed E-state index contributed by atoms with van der Waals surface area (Å²) in [6, 6.07) is 5.23. The van der Waals surface area contributed by atoms with E-state index in [-0.39, 0.29) is 11.2 Å². The lowest BCUT2D eigenvalue weighted by atomic mass is 10.2. The molecule has 30 heavy (non-hydrogen) atoms. The predicted octanol–water partition coefficient (Wildman–Crippen LogP) is 0.858. The van der Waals surface area contributed by atoms with E-state index in [1.165, 1.54) is 23.8 Å². The summed E-state index contributed by atoms with van der Waals surface area (Å²) in [5.41, 5.74) is -0.938. The molecule has 10 heteroatoms. The SMILES string of the molecule is Cn1c(N2CCN(CCCNc3cc(F)c(C#N)c(F)c3)CC2)cc(=O)n(C)c1=O. The molecule has 8 nitrogen and oxygen atoms in total. The first kappa shape index (κ1) is 21.5. The summed E-state index contributed by atoms with van der Waals surface area (Å²) in [4.78, 5) is 28.3. The van der Waals surface area contributed by atoms with Gasteiger partial charge in [0, 0.05) is 58.6 Å². The fraction of sp³-hybridized carbons (Fsp3) is 0.450. The van der Waals surface area contributed by atoms with Crippen LogP contribution in [0.2, 0.25) is 0 Å². The van der Waals surface area contributed by atoms with E-state index in [4.69, 9.17) is 5.26 Å². The summed E-state index contributed by atoms with van der Waals surface area (Å²) in [6.07, 6.45) is 0.771. The van der Waals surface area contributed by atoms with Crippen LogP contribution in [0.25, 0.3) is 0 Å². The van der Waals surface area contributed by atoms with Crippen LogP contribution in [-0.4, -0.2) is 53.3 Å². The maximum absolute atomic E-state index is 13.6. The monoisotopic (exact) mass is 418 g/mol. The average Bonchev–Trinajstić information content (AvgIpc) is 2.73. The van der Waals surface area contributed by atoms with Crippen LogP contribution in [0.3, 0.4) is 0 Å². The Hall–Kier alpha value is -3.19. The zero-order chi connectivity index (χ0) is 21.8. The number of hydrogen-bond donors (Lipinski definition) is 1. The van der Waals surface area contributed by atoms with Crippen LogP contribution in [0.15, 0.2) is 27.8 Å². The minimum Gasteiger partial charge on any atom is -0.385 e. The highest BCUT2D eigenvalue weighted by Gasteiger charge is 2.20. The van der Waals surface area contributed by atoms with E-state index in [0.717, 1.165) is 42.8 Å². The number of hydrogen-bond acceptors (Lipinski definition) is 6. The number of benzene rings is 1. The van der Waals surface area contributed by atoms with Crippen molar-refractivity contribution in [3.05, 3.63) is 56.2 Å². The predicted molar refractivity (Wildman–Crippen MR) is 110 cm³/mol. The lowest BCUT2D eigenvalue weighted by Gasteiger charge is -2.36. The summed E-state index contributed by atoms with van der Waals surface area (Å²) in [5, 5.41) is 11.7. The number of nitrogens with zero attached hydrogens (tertiary/aromatic N) is 5. The minimum absolute atomic E-state index is 0.306. The van der Waals surface area contributed by atoms with Gasteiger partial charge in [0.2, 0.25) is 0 Å². The molecule has 3 rings (SSSR count). The number of nitrogens with one attached hydrogen (secondary N) is 1. The van der Waals surface area contributed by atoms with Gasteiger partial charge in [-0.1, -0.05) is 0 Å². The summed E-state index contributed by atoms with van der Waals surface area (Å²) in [5.74, 6) is -1.13. The maximum Gasteiger partial charge on any atom is 0.332 e. The normalized spacial score (nSPS) is 14.6. The van der Waals surface area contributed by atoms with E-state index in [1.54, 1.807) is 7.05 Å². The van der Waals surface area contributed by atoms with Gasteiger partial charge in [0.1, 0.15) is 29.1 Å². The lowest BCUT2D eigenvalue weighted by Crippen LogP contribution is -2.49. The molecule has 2 heterocycles. The van der Waals surface area contributed by atoms with Crippen LogP contribution in [0, 0.1) is 23.0 Å². The molecular formula is C20H24F2N6O2. The average molecular weight is 418 g/mol. The molecule has 2 aromatic rings. The first-order valence-electron chi connectivity index (χ1n) is 9.69. The number of nitriles is 1. The highest BCUT2D eigenvalue weighted by atomic mass is 19.1. The molecule has 0 amide bonds. The van der Waals surface area contributed by atoms with Gasteiger partial charge in [0.05, 0.1) is 0 Å². The number of aromatic nitrogens is 2. The smallest absolute Gasteiger partial charge is 0.332 e. The molecule has 0 saturated carbocycles. The number of piperazine rings is 1. The molecule has 0 spiro atoms. The molecular weight excluding hydrogens is 394 g/mol. The molecule has 1 aliphatic rings. The Morgan fingerprint density at radius 1 is 1.03 bits per heavy atom. The van der Waals surface area contributed by atoms with Crippen molar-refractivity contribution in [2.45, 2.75) is 6.42 Å². The van der Waals surface area contributed by atoms with Gasteiger partial charge in [-0.2, -0.15) is 5.26 Å². The maximum atomic E-state index is 13.6. The van der Waals surface area contributed by atoms with Crippen molar-refractivity contribution >= 4 is 11.5 Å². The largest absolute Gasteiger partial charge is 0.385 e. The second-order valence-electron chi connectivity index (χ2n) is 7.28. The molecule has 0 atom stereocenters. The van der Waals surface area contributed by atoms with Crippen LogP contribution < -0.4 is 21.5 Å². The van der Waals surface area contributed by atoms with Gasteiger partial charge in [0.15, 0.2) is 0 Å². The molecule has 1 aromatic heterocycles. The van der Waals surface area contributed by atoms with E-state index in [1.807, 2.05) is 4.90 Å². The standard InChI is InChI=1S/C20H24F2N6O2/c1-25-18(12-19(29)26(2)20(25)30)28-8-6-27(7-9-28)5-3-4-24-14-10-16(21)15(13-23)17(22)11-14/h10-12,24H,3-9H2,1-2H3. The Balaban J connectivity index is 1.48. The molecule has 0 aliphatic carbocycles. The summed E-state index contributed by atoms with van der Waals surface area (Å²) < 4.78 is 29.8. The third-order valence-electron chi connectivity index (χ3n) is 5.33. The van der Waals surface area contributed by atoms with Gasteiger partial charge in [-0.3, -0.25) is 18.8 Å². The van der Waals surface area contributed by atoms with Gasteiger partial charge in [-0.05, 0) is 25.1 Å². The molecule has 1 aliphatic heterocycles. The van der Waals surface area contributed by atoms with Gasteiger partial charge < -0.3 is 10.2 Å². The zero-order valence-corrected chi connectivity index (χ0v) is 17.0. The molecule has 1 saturated heterocycles. The van der Waals surface area contributed by atoms with E-state index in [9.17, 15) is 18.4 Å². The molecule has 1 fully saturated rings. The Bertz CT molecular complexity index is 1060. The number of rotatable bonds is 6. The van der Waals surface area contributed by atoms with Crippen LogP contribution in [0.1, 0.15) is 12.0 Å². The van der Waals surface area contributed by atoms with Crippen molar-refractivity contribution in [3.8, 4) is 6.07 Å². The Morgan fingerprint density at radius 3 is 2.27 bits per heavy atom. The van der Waals surface area contributed by atoms with Crippen molar-refractivity contribution in [1.29, 1.82) is 5.26 Å². The molecule has 1 N–H and O–H groups in total. The summed E-state index contributed by atoms with van der Waals surface area (Å²) in [6.45, 7) is 4.29. The highest BCUT2D eigenvalue weighted by Crippen LogP contribution is 2.18. The van der Waals surface area contributed by atoms with Crippen LogP contribution in [-0.2, 0) is 14.1 Å². The van der Waals surface area contributed by atoms with E-state index in [2.05, 4.69) is 10.2 Å². The van der Waals surface area contributed by atoms with Crippen molar-refractivity contribution in [1.82, 2.24) is 14.0 Å². The topological polar surface area (TPSA) is 86.3 Å². The molecule has 0 unspecified atom stereocenters. The fourth-order valence-corrected chi connectivity index (χ4v) is 3.54. The molecule has 0 radical (unpaired) electrons. The van der Waals surface area contributed by atoms with E-state index in [0.29, 0.717) is 31.1 Å². The minimum atomic E-state index is -0.874. The van der Waals surface area contributed by atoms with Gasteiger partial charge in [-0.25, -0.2) is 13.6 Å². The van der Waals surface area contributed by atoms with Gasteiger partial charge >= 0.3 is 5.69 Å². The fourth-order valence-electron chi connectivity index (χ4n) is 3.54. The van der Waals surface area contributed by atoms with Crippen molar-refractivity contribution in [3.63, 3.8) is 0 Å². The molecule has 1 aromatic carbocycles. The molecule has 0 bridgehead atoms. The van der Waals surface area contributed by atoms with Crippen molar-refractivity contribution in [2.75, 3.05) is 49.5 Å². The summed E-state index contributed by atoms with van der Waals surface area (Å²) in [7, 11) is 3.12. The van der Waals surface area contributed by atoms with E-state index < -0.39 is 17.2 Å². The van der Waals surface area contributed by atoms with E-state index >= 15 is 0 Å². The number of anilines is 2. The second kappa shape index (κ2) is 9.09. The first-order chi connectivity index (χ1) is 14.3. The van der Waals surface area contributed by atoms with Crippen LogP contribution in [0.4, 0.5) is 20.3 Å². The van der Waals surface area contributed by atoms with Crippen molar-refractivity contribution in [2.24, 2.45) is 14.1 Å². The van der Waals surface area contributed by atoms with Gasteiger partial charge in [-0.15, -0.1) is 0 Å². The van der Waals surface area contributed by atoms with Crippen molar-refractivity contribution < 1.29 is 8.78 Å². The van der Waals surface area contributed by atoms with Crippen LogP contribution >= 0.6 is 0 Å². The second-order valence-corrected chi connectivity index (χ2v) is 7.28. The lowest BCUT2D eigenvalue weighted by molar-refractivity contribution is 0.256. The van der Waals surface area contributed by atoms with Gasteiger partial charge in [0.25, 0.3) is 5.56 Å². The summed E-state index contributed by atoms with van der Waals surface area (Å²) >= 11 is 0. The Kier molecular flexibility index (Phi) is 6.52. The Labute approximate surface area is 172 Å². The Morgan fingerprint density at radius 2 is 1.67 bits per heavy atom. The first-order valence-corrected chi connectivity index (χ1v) is 9.69.